The van der Waals surface area contributed by atoms with Crippen LogP contribution in [0.1, 0.15) is 54.6 Å². The van der Waals surface area contributed by atoms with Crippen LogP contribution in [0.5, 0.6) is 5.75 Å². The quantitative estimate of drug-likeness (QED) is 0.379. The monoisotopic (exact) mass is 447 g/mol. The molecule has 33 heavy (non-hydrogen) atoms. The summed E-state index contributed by atoms with van der Waals surface area (Å²) in [6, 6.07) is 17.7. The van der Waals surface area contributed by atoms with Crippen LogP contribution < -0.4 is 15.4 Å². The van der Waals surface area contributed by atoms with Crippen molar-refractivity contribution in [3.63, 3.8) is 0 Å². The van der Waals surface area contributed by atoms with E-state index in [1.165, 1.54) is 0 Å². The molecule has 1 unspecified atom stereocenters. The first-order valence-electron chi connectivity index (χ1n) is 11.5. The summed E-state index contributed by atoms with van der Waals surface area (Å²) in [5.74, 6) is 1.37. The predicted molar refractivity (Wildman–Crippen MR) is 130 cm³/mol. The molecule has 3 rings (SSSR count). The molecule has 1 aliphatic rings. The first-order valence-corrected chi connectivity index (χ1v) is 11.5. The van der Waals surface area contributed by atoms with Crippen molar-refractivity contribution in [2.75, 3.05) is 20.7 Å². The lowest BCUT2D eigenvalue weighted by Crippen LogP contribution is -2.47. The normalized spacial score (nSPS) is 19.2. The minimum absolute atomic E-state index is 0.0871. The van der Waals surface area contributed by atoms with Crippen molar-refractivity contribution in [3.8, 4) is 11.9 Å². The molecule has 0 spiro atoms. The Morgan fingerprint density at radius 2 is 1.82 bits per heavy atom. The molecule has 2 aromatic rings. The number of benzene rings is 2. The van der Waals surface area contributed by atoms with Crippen LogP contribution in [0.4, 0.5) is 0 Å². The molecule has 0 heterocycles. The van der Waals surface area contributed by atoms with Gasteiger partial charge in [-0.2, -0.15) is 5.26 Å². The minimum atomic E-state index is -0.129. The number of nitrogens with zero attached hydrogens (tertiary/aromatic N) is 3. The van der Waals surface area contributed by atoms with Gasteiger partial charge in [0, 0.05) is 19.6 Å². The number of guanidine groups is 1. The number of para-hydroxylation sites is 1. The SMILES string of the molecule is CCNC(=NC#N)N(C)[C@H]1CC[C@@H](C(NC(=O)c2ccccc2OC)c2ccccc2)CC1. The van der Waals surface area contributed by atoms with Gasteiger partial charge in [0.25, 0.3) is 5.91 Å². The molecule has 0 aliphatic heterocycles. The predicted octanol–water partition coefficient (Wildman–Crippen LogP) is 4.10. The summed E-state index contributed by atoms with van der Waals surface area (Å²) in [4.78, 5) is 19.2. The summed E-state index contributed by atoms with van der Waals surface area (Å²) in [7, 11) is 3.57. The Bertz CT molecular complexity index is 978. The fraction of sp³-hybridized carbons (Fsp3) is 0.423. The number of rotatable bonds is 7. The number of methoxy groups -OCH3 is 1. The van der Waals surface area contributed by atoms with Crippen LogP contribution in [0.25, 0.3) is 0 Å². The molecule has 0 bridgehead atoms. The summed E-state index contributed by atoms with van der Waals surface area (Å²) in [6.45, 7) is 2.71. The zero-order valence-corrected chi connectivity index (χ0v) is 19.6. The van der Waals surface area contributed by atoms with Gasteiger partial charge in [-0.3, -0.25) is 4.79 Å². The maximum Gasteiger partial charge on any atom is 0.255 e. The van der Waals surface area contributed by atoms with Gasteiger partial charge >= 0.3 is 0 Å². The van der Waals surface area contributed by atoms with Crippen LogP contribution >= 0.6 is 0 Å². The van der Waals surface area contributed by atoms with Crippen LogP contribution in [0.15, 0.2) is 59.6 Å². The number of hydrogen-bond donors (Lipinski definition) is 2. The Balaban J connectivity index is 1.75. The zero-order valence-electron chi connectivity index (χ0n) is 19.6. The molecule has 0 radical (unpaired) electrons. The van der Waals surface area contributed by atoms with E-state index in [1.807, 2.05) is 50.5 Å². The van der Waals surface area contributed by atoms with Crippen molar-refractivity contribution >= 4 is 11.9 Å². The number of nitriles is 1. The number of carbonyl (C=O) groups is 1. The molecule has 174 valence electrons. The number of aliphatic imine (C=N–C) groups is 1. The van der Waals surface area contributed by atoms with Crippen LogP contribution in [0.3, 0.4) is 0 Å². The Morgan fingerprint density at radius 3 is 2.45 bits per heavy atom. The first kappa shape index (κ1) is 24.1. The van der Waals surface area contributed by atoms with Gasteiger partial charge in [-0.25, -0.2) is 0 Å². The van der Waals surface area contributed by atoms with Crippen molar-refractivity contribution < 1.29 is 9.53 Å². The summed E-state index contributed by atoms with van der Waals surface area (Å²) in [6.07, 6.45) is 5.75. The number of nitrogens with one attached hydrogen (secondary N) is 2. The zero-order chi connectivity index (χ0) is 23.6. The van der Waals surface area contributed by atoms with E-state index in [1.54, 1.807) is 19.2 Å². The Kier molecular flexibility index (Phi) is 8.71. The summed E-state index contributed by atoms with van der Waals surface area (Å²) in [5, 5.41) is 15.5. The lowest BCUT2D eigenvalue weighted by molar-refractivity contribution is 0.0901. The fourth-order valence-corrected chi connectivity index (χ4v) is 4.63. The van der Waals surface area contributed by atoms with Crippen LogP contribution in [0, 0.1) is 17.4 Å². The van der Waals surface area contributed by atoms with Gasteiger partial charge in [0.2, 0.25) is 12.2 Å². The van der Waals surface area contributed by atoms with Gasteiger partial charge in [0.1, 0.15) is 5.75 Å². The van der Waals surface area contributed by atoms with Crippen LogP contribution in [0.2, 0.25) is 0 Å². The van der Waals surface area contributed by atoms with Crippen LogP contribution in [-0.2, 0) is 0 Å². The smallest absolute Gasteiger partial charge is 0.255 e. The molecule has 0 saturated heterocycles. The Hall–Kier alpha value is -3.53. The first-order chi connectivity index (χ1) is 16.1. The molecule has 1 aliphatic carbocycles. The molecular weight excluding hydrogens is 414 g/mol. The minimum Gasteiger partial charge on any atom is -0.496 e. The number of hydrogen-bond acceptors (Lipinski definition) is 4. The largest absolute Gasteiger partial charge is 0.496 e. The molecule has 0 aromatic heterocycles. The summed E-state index contributed by atoms with van der Waals surface area (Å²) in [5.41, 5.74) is 1.65. The van der Waals surface area contributed by atoms with E-state index in [0.29, 0.717) is 35.8 Å². The van der Waals surface area contributed by atoms with E-state index in [9.17, 15) is 4.79 Å². The van der Waals surface area contributed by atoms with Crippen LogP contribution in [-0.4, -0.2) is 43.5 Å². The van der Waals surface area contributed by atoms with Crippen molar-refractivity contribution in [2.45, 2.75) is 44.7 Å². The third kappa shape index (κ3) is 6.04. The number of amides is 1. The lowest BCUT2D eigenvalue weighted by Gasteiger charge is -2.39. The fourth-order valence-electron chi connectivity index (χ4n) is 4.63. The molecule has 2 aromatic carbocycles. The summed E-state index contributed by atoms with van der Waals surface area (Å²) < 4.78 is 5.40. The van der Waals surface area contributed by atoms with Gasteiger partial charge in [-0.15, -0.1) is 4.99 Å². The molecule has 1 saturated carbocycles. The van der Waals surface area contributed by atoms with Crippen molar-refractivity contribution in [1.29, 1.82) is 5.26 Å². The molecule has 1 amide bonds. The second-order valence-corrected chi connectivity index (χ2v) is 8.31. The highest BCUT2D eigenvalue weighted by Gasteiger charge is 2.32. The van der Waals surface area contributed by atoms with Gasteiger partial charge in [0.05, 0.1) is 18.7 Å². The number of ether oxygens (including phenoxy) is 1. The van der Waals surface area contributed by atoms with E-state index < -0.39 is 0 Å². The van der Waals surface area contributed by atoms with E-state index in [2.05, 4.69) is 32.7 Å². The van der Waals surface area contributed by atoms with Gasteiger partial charge in [0.15, 0.2) is 0 Å². The Morgan fingerprint density at radius 1 is 1.15 bits per heavy atom. The van der Waals surface area contributed by atoms with E-state index >= 15 is 0 Å². The average molecular weight is 448 g/mol. The highest BCUT2D eigenvalue weighted by Crippen LogP contribution is 2.36. The third-order valence-electron chi connectivity index (χ3n) is 6.38. The topological polar surface area (TPSA) is 89.8 Å². The molecular formula is C26H33N5O2. The van der Waals surface area contributed by atoms with E-state index in [-0.39, 0.29) is 11.9 Å². The second-order valence-electron chi connectivity index (χ2n) is 8.31. The standard InChI is InChI=1S/C26H33N5O2/c1-4-28-26(29-18-27)31(2)21-16-14-20(15-17-21)24(19-10-6-5-7-11-19)30-25(32)22-12-8-9-13-23(22)33-3/h5-13,20-21,24H,4,14-17H2,1-3H3,(H,28,29)(H,30,32)/t20-,21+,24?. The highest BCUT2D eigenvalue weighted by atomic mass is 16.5. The second kappa shape index (κ2) is 11.9. The Labute approximate surface area is 196 Å². The van der Waals surface area contributed by atoms with Crippen molar-refractivity contribution in [1.82, 2.24) is 15.5 Å². The highest BCUT2D eigenvalue weighted by molar-refractivity contribution is 5.97. The van der Waals surface area contributed by atoms with Crippen molar-refractivity contribution in [2.24, 2.45) is 10.9 Å². The number of carbonyl (C=O) groups excluding carboxylic acids is 1. The van der Waals surface area contributed by atoms with E-state index in [4.69, 9.17) is 10.00 Å². The maximum atomic E-state index is 13.2. The third-order valence-corrected chi connectivity index (χ3v) is 6.38. The maximum absolute atomic E-state index is 13.2. The van der Waals surface area contributed by atoms with E-state index in [0.717, 1.165) is 31.2 Å². The molecule has 1 atom stereocenters. The van der Waals surface area contributed by atoms with Gasteiger partial charge in [-0.05, 0) is 56.2 Å². The molecule has 7 nitrogen and oxygen atoms in total. The van der Waals surface area contributed by atoms with Gasteiger partial charge < -0.3 is 20.3 Å². The van der Waals surface area contributed by atoms with Gasteiger partial charge in [-0.1, -0.05) is 42.5 Å². The lowest BCUT2D eigenvalue weighted by atomic mass is 9.78. The van der Waals surface area contributed by atoms with Crippen molar-refractivity contribution in [3.05, 3.63) is 65.7 Å². The molecule has 2 N–H and O–H groups in total. The molecule has 1 fully saturated rings. The average Bonchev–Trinajstić information content (AvgIpc) is 2.87. The molecule has 7 heteroatoms. The summed E-state index contributed by atoms with van der Waals surface area (Å²) >= 11 is 0.